The summed E-state index contributed by atoms with van der Waals surface area (Å²) in [7, 11) is 0. The Balaban J connectivity index is 1.39. The van der Waals surface area contributed by atoms with E-state index in [1.54, 1.807) is 18.2 Å². The summed E-state index contributed by atoms with van der Waals surface area (Å²) in [4.78, 5) is 28.2. The van der Waals surface area contributed by atoms with Gasteiger partial charge < -0.3 is 10.3 Å². The van der Waals surface area contributed by atoms with Gasteiger partial charge >= 0.3 is 0 Å². The molecule has 154 valence electrons. The first-order valence-electron chi connectivity index (χ1n) is 10.7. The van der Waals surface area contributed by atoms with Crippen LogP contribution >= 0.6 is 0 Å². The van der Waals surface area contributed by atoms with Crippen molar-refractivity contribution < 1.29 is 4.79 Å². The van der Waals surface area contributed by atoms with Crippen LogP contribution in [0.3, 0.4) is 0 Å². The molecule has 6 heteroatoms. The molecule has 3 aromatic rings. The van der Waals surface area contributed by atoms with Crippen LogP contribution in [0.15, 0.2) is 41.2 Å². The van der Waals surface area contributed by atoms with Crippen LogP contribution in [0.25, 0.3) is 21.7 Å². The van der Waals surface area contributed by atoms with E-state index in [0.717, 1.165) is 35.6 Å². The van der Waals surface area contributed by atoms with Crippen LogP contribution in [0.1, 0.15) is 36.8 Å². The summed E-state index contributed by atoms with van der Waals surface area (Å²) in [5.74, 6) is 1.18. The van der Waals surface area contributed by atoms with Crippen molar-refractivity contribution in [3.8, 4) is 12.1 Å². The molecule has 0 spiro atoms. The summed E-state index contributed by atoms with van der Waals surface area (Å²) in [5, 5.41) is 23.8. The minimum absolute atomic E-state index is 0.00308. The zero-order chi connectivity index (χ0) is 21.5. The predicted molar refractivity (Wildman–Crippen MR) is 117 cm³/mol. The average molecular weight is 410 g/mol. The van der Waals surface area contributed by atoms with E-state index in [1.165, 1.54) is 6.42 Å². The van der Waals surface area contributed by atoms with E-state index in [2.05, 4.69) is 22.4 Å². The molecular formula is C25H22N4O2. The third-order valence-electron chi connectivity index (χ3n) is 7.00. The number of nitriles is 2. The second-order valence-electron chi connectivity index (χ2n) is 8.88. The number of nitrogens with one attached hydrogen (secondary N) is 2. The zero-order valence-electron chi connectivity index (χ0n) is 17.0. The second-order valence-corrected chi connectivity index (χ2v) is 8.88. The van der Waals surface area contributed by atoms with E-state index in [4.69, 9.17) is 5.26 Å². The largest absolute Gasteiger partial charge is 0.340 e. The van der Waals surface area contributed by atoms with Gasteiger partial charge in [-0.3, -0.25) is 9.59 Å². The molecule has 0 radical (unpaired) electrons. The van der Waals surface area contributed by atoms with Crippen LogP contribution in [0, 0.1) is 40.4 Å². The summed E-state index contributed by atoms with van der Waals surface area (Å²) >= 11 is 0. The number of fused-ring (bicyclic) bond motifs is 5. The number of nitrogens with zero attached hydrogens (tertiary/aromatic N) is 2. The Morgan fingerprint density at radius 1 is 1.10 bits per heavy atom. The lowest BCUT2D eigenvalue weighted by Gasteiger charge is -2.22. The number of amides is 1. The Labute approximate surface area is 179 Å². The van der Waals surface area contributed by atoms with Crippen LogP contribution in [-0.4, -0.2) is 16.9 Å². The van der Waals surface area contributed by atoms with Crippen molar-refractivity contribution in [3.05, 3.63) is 57.9 Å². The number of carbonyl (C=O) groups excluding carboxylic acids is 1. The second kappa shape index (κ2) is 7.56. The maximum absolute atomic E-state index is 12.7. The monoisotopic (exact) mass is 410 g/mol. The summed E-state index contributed by atoms with van der Waals surface area (Å²) in [6.45, 7) is 0. The summed E-state index contributed by atoms with van der Waals surface area (Å²) in [6.07, 6.45) is 4.79. The SMILES string of the molecule is N#Cc1ccc2c(c1)[nH]c(=O)c1cc(CC(C#N)NC(=O)[C@H]3C[C@@H]4CC[C@H]3C4)ccc12. The Morgan fingerprint density at radius 3 is 2.65 bits per heavy atom. The van der Waals surface area contributed by atoms with Crippen LogP contribution in [-0.2, 0) is 11.2 Å². The number of rotatable bonds is 4. The van der Waals surface area contributed by atoms with Gasteiger partial charge in [-0.2, -0.15) is 10.5 Å². The average Bonchev–Trinajstić information content (AvgIpc) is 3.42. The van der Waals surface area contributed by atoms with Gasteiger partial charge in [0.2, 0.25) is 5.91 Å². The standard InChI is InChI=1S/C25H22N4O2/c26-12-16-3-6-20-19-5-2-15(10-22(19)25(31)29-23(20)11-16)8-18(13-27)28-24(30)21-9-14-1-4-17(21)7-14/h2-3,5-6,10-11,14,17-18,21H,1,4,7-9H2,(H,28,30)(H,29,31)/t14-,17+,18?,21+/m1/s1. The van der Waals surface area contributed by atoms with Crippen molar-refractivity contribution in [1.29, 1.82) is 10.5 Å². The van der Waals surface area contributed by atoms with E-state index in [-0.39, 0.29) is 17.4 Å². The van der Waals surface area contributed by atoms with Gasteiger partial charge in [-0.1, -0.05) is 24.6 Å². The molecule has 2 aliphatic carbocycles. The Kier molecular flexibility index (Phi) is 4.71. The molecule has 2 aliphatic rings. The maximum Gasteiger partial charge on any atom is 0.256 e. The quantitative estimate of drug-likeness (QED) is 0.641. The fourth-order valence-electron chi connectivity index (χ4n) is 5.49. The van der Waals surface area contributed by atoms with Crippen molar-refractivity contribution in [2.75, 3.05) is 0 Å². The smallest absolute Gasteiger partial charge is 0.256 e. The van der Waals surface area contributed by atoms with Crippen molar-refractivity contribution >= 4 is 27.6 Å². The van der Waals surface area contributed by atoms with E-state index in [1.807, 2.05) is 18.2 Å². The number of hydrogen-bond donors (Lipinski definition) is 2. The molecule has 0 aliphatic heterocycles. The van der Waals surface area contributed by atoms with Gasteiger partial charge in [0.25, 0.3) is 5.56 Å². The first-order chi connectivity index (χ1) is 15.1. The highest BCUT2D eigenvalue weighted by atomic mass is 16.2. The lowest BCUT2D eigenvalue weighted by Crippen LogP contribution is -2.41. The number of H-pyrrole nitrogens is 1. The molecule has 2 bridgehead atoms. The lowest BCUT2D eigenvalue weighted by molar-refractivity contribution is -0.126. The minimum Gasteiger partial charge on any atom is -0.340 e. The number of carbonyl (C=O) groups is 1. The molecule has 6 nitrogen and oxygen atoms in total. The number of hydrogen-bond acceptors (Lipinski definition) is 4. The predicted octanol–water partition coefficient (Wildman–Crippen LogP) is 3.54. The summed E-state index contributed by atoms with van der Waals surface area (Å²) < 4.78 is 0. The molecule has 2 N–H and O–H groups in total. The third kappa shape index (κ3) is 3.45. The van der Waals surface area contributed by atoms with Crippen LogP contribution in [0.2, 0.25) is 0 Å². The Bertz CT molecular complexity index is 1340. The van der Waals surface area contributed by atoms with Crippen LogP contribution in [0.5, 0.6) is 0 Å². The molecule has 2 saturated carbocycles. The van der Waals surface area contributed by atoms with E-state index in [0.29, 0.717) is 34.7 Å². The highest BCUT2D eigenvalue weighted by molar-refractivity contribution is 6.05. The molecule has 1 unspecified atom stereocenters. The number of benzene rings is 2. The van der Waals surface area contributed by atoms with Crippen LogP contribution < -0.4 is 10.9 Å². The van der Waals surface area contributed by atoms with E-state index < -0.39 is 6.04 Å². The molecular weight excluding hydrogens is 388 g/mol. The molecule has 4 atom stereocenters. The molecule has 1 aromatic heterocycles. The number of aromatic nitrogens is 1. The Hall–Kier alpha value is -3.64. The molecule has 31 heavy (non-hydrogen) atoms. The minimum atomic E-state index is -0.623. The van der Waals surface area contributed by atoms with E-state index >= 15 is 0 Å². The normalized spacial score (nSPS) is 22.8. The van der Waals surface area contributed by atoms with Gasteiger partial charge in [0.05, 0.1) is 23.2 Å². The van der Waals surface area contributed by atoms with Gasteiger partial charge in [-0.25, -0.2) is 0 Å². The fourth-order valence-corrected chi connectivity index (χ4v) is 5.49. The molecule has 1 amide bonds. The first-order valence-corrected chi connectivity index (χ1v) is 10.7. The summed E-state index contributed by atoms with van der Waals surface area (Å²) in [5.41, 5.74) is 1.70. The molecule has 5 rings (SSSR count). The molecule has 2 aromatic carbocycles. The third-order valence-corrected chi connectivity index (χ3v) is 7.00. The lowest BCUT2D eigenvalue weighted by atomic mass is 9.88. The van der Waals surface area contributed by atoms with Gasteiger partial charge in [0.1, 0.15) is 6.04 Å². The molecule has 1 heterocycles. The summed E-state index contributed by atoms with van der Waals surface area (Å²) in [6, 6.07) is 14.5. The van der Waals surface area contributed by atoms with Gasteiger partial charge in [-0.15, -0.1) is 0 Å². The van der Waals surface area contributed by atoms with Crippen molar-refractivity contribution in [3.63, 3.8) is 0 Å². The maximum atomic E-state index is 12.7. The van der Waals surface area contributed by atoms with Crippen molar-refractivity contribution in [2.24, 2.45) is 17.8 Å². The van der Waals surface area contributed by atoms with E-state index in [9.17, 15) is 14.9 Å². The van der Waals surface area contributed by atoms with Crippen molar-refractivity contribution in [2.45, 2.75) is 38.1 Å². The highest BCUT2D eigenvalue weighted by Gasteiger charge is 2.43. The van der Waals surface area contributed by atoms with Gasteiger partial charge in [0.15, 0.2) is 0 Å². The highest BCUT2D eigenvalue weighted by Crippen LogP contribution is 2.48. The van der Waals surface area contributed by atoms with Gasteiger partial charge in [-0.05, 0) is 60.2 Å². The molecule has 0 saturated heterocycles. The van der Waals surface area contributed by atoms with Gasteiger partial charge in [0, 0.05) is 23.1 Å². The fraction of sp³-hybridized carbons (Fsp3) is 0.360. The molecule has 2 fully saturated rings. The number of pyridine rings is 1. The van der Waals surface area contributed by atoms with Crippen molar-refractivity contribution in [1.82, 2.24) is 10.3 Å². The Morgan fingerprint density at radius 2 is 1.94 bits per heavy atom. The number of aromatic amines is 1. The first kappa shape index (κ1) is 19.3. The topological polar surface area (TPSA) is 110 Å². The van der Waals surface area contributed by atoms with Crippen LogP contribution in [0.4, 0.5) is 0 Å². The zero-order valence-corrected chi connectivity index (χ0v) is 17.0.